The van der Waals surface area contributed by atoms with E-state index in [1.807, 2.05) is 0 Å². The zero-order chi connectivity index (χ0) is 6.85. The molecular weight excluding hydrogens is 134 g/mol. The van der Waals surface area contributed by atoms with Crippen molar-refractivity contribution in [3.05, 3.63) is 0 Å². The van der Waals surface area contributed by atoms with Crippen LogP contribution in [0.4, 0.5) is 13.6 Å². The van der Waals surface area contributed by atoms with Crippen molar-refractivity contribution in [2.75, 3.05) is 6.61 Å². The van der Waals surface area contributed by atoms with Crippen molar-refractivity contribution in [3.63, 3.8) is 0 Å². The molecule has 0 aromatic carbocycles. The van der Waals surface area contributed by atoms with Gasteiger partial charge in [-0.2, -0.15) is 0 Å². The van der Waals surface area contributed by atoms with Gasteiger partial charge in [0.25, 0.3) is 6.43 Å². The summed E-state index contributed by atoms with van der Waals surface area (Å²) < 4.78 is 31.2. The molecule has 52 valence electrons. The number of carbonyl (C=O) groups is 1. The lowest BCUT2D eigenvalue weighted by Crippen LogP contribution is -2.19. The molecule has 0 bridgehead atoms. The highest BCUT2D eigenvalue weighted by atomic mass is 19.3. The summed E-state index contributed by atoms with van der Waals surface area (Å²) in [5, 5.41) is 0. The summed E-state index contributed by atoms with van der Waals surface area (Å²) in [6.45, 7) is -0.337. The smallest absolute Gasteiger partial charge is 0.430 e. The fourth-order valence-electron chi connectivity index (χ4n) is 0.466. The second kappa shape index (κ2) is 2.16. The minimum Gasteiger partial charge on any atom is -0.430 e. The molecule has 0 aliphatic carbocycles. The fraction of sp³-hybridized carbons (Fsp3) is 0.750. The number of hydrogen-bond donors (Lipinski definition) is 0. The molecule has 0 N–H and O–H groups in total. The third-order valence-corrected chi connectivity index (χ3v) is 0.894. The topological polar surface area (TPSA) is 35.5 Å². The van der Waals surface area contributed by atoms with E-state index in [0.717, 1.165) is 0 Å². The van der Waals surface area contributed by atoms with Gasteiger partial charge in [-0.15, -0.1) is 0 Å². The Morgan fingerprint density at radius 2 is 2.33 bits per heavy atom. The van der Waals surface area contributed by atoms with Crippen LogP contribution in [0.25, 0.3) is 0 Å². The van der Waals surface area contributed by atoms with E-state index >= 15 is 0 Å². The molecule has 5 heteroatoms. The van der Waals surface area contributed by atoms with Crippen LogP contribution in [0.1, 0.15) is 0 Å². The van der Waals surface area contributed by atoms with Crippen LogP contribution in [0.2, 0.25) is 0 Å². The first-order valence-electron chi connectivity index (χ1n) is 2.31. The maximum Gasteiger partial charge on any atom is 0.509 e. The molecule has 0 aromatic rings. The average Bonchev–Trinajstić information content (AvgIpc) is 2.14. The molecule has 9 heavy (non-hydrogen) atoms. The summed E-state index contributed by atoms with van der Waals surface area (Å²) in [5.74, 6) is 0. The number of carbonyl (C=O) groups excluding carboxylic acids is 1. The van der Waals surface area contributed by atoms with Crippen LogP contribution in [0, 0.1) is 0 Å². The number of rotatable bonds is 1. The van der Waals surface area contributed by atoms with E-state index in [1.165, 1.54) is 0 Å². The average molecular weight is 138 g/mol. The van der Waals surface area contributed by atoms with Crippen LogP contribution in [0.3, 0.4) is 0 Å². The first-order valence-corrected chi connectivity index (χ1v) is 2.31. The van der Waals surface area contributed by atoms with Gasteiger partial charge in [-0.3, -0.25) is 0 Å². The van der Waals surface area contributed by atoms with Gasteiger partial charge in [0, 0.05) is 0 Å². The molecule has 0 radical (unpaired) electrons. The lowest BCUT2D eigenvalue weighted by molar-refractivity contribution is 0.0104. The van der Waals surface area contributed by atoms with Crippen LogP contribution in [-0.2, 0) is 9.47 Å². The first kappa shape index (κ1) is 6.25. The van der Waals surface area contributed by atoms with Crippen LogP contribution in [0.15, 0.2) is 0 Å². The maximum atomic E-state index is 11.6. The Morgan fingerprint density at radius 1 is 1.67 bits per heavy atom. The zero-order valence-electron chi connectivity index (χ0n) is 4.34. The van der Waals surface area contributed by atoms with E-state index < -0.39 is 18.7 Å². The first-order chi connectivity index (χ1) is 4.20. The quantitative estimate of drug-likeness (QED) is 0.502. The summed E-state index contributed by atoms with van der Waals surface area (Å²) in [4.78, 5) is 9.98. The lowest BCUT2D eigenvalue weighted by atomic mass is 10.4. The van der Waals surface area contributed by atoms with Gasteiger partial charge in [0.2, 0.25) is 0 Å². The van der Waals surface area contributed by atoms with Gasteiger partial charge >= 0.3 is 6.16 Å². The monoisotopic (exact) mass is 138 g/mol. The number of ether oxygens (including phenoxy) is 2. The molecule has 3 nitrogen and oxygen atoms in total. The molecule has 0 spiro atoms. The normalized spacial score (nSPS) is 26.1. The number of alkyl halides is 2. The summed E-state index contributed by atoms with van der Waals surface area (Å²) in [7, 11) is 0. The summed E-state index contributed by atoms with van der Waals surface area (Å²) in [6, 6.07) is 0. The van der Waals surface area contributed by atoms with E-state index in [0.29, 0.717) is 0 Å². The number of hydrogen-bond acceptors (Lipinski definition) is 3. The van der Waals surface area contributed by atoms with Gasteiger partial charge in [0.1, 0.15) is 6.61 Å². The van der Waals surface area contributed by atoms with E-state index in [2.05, 4.69) is 9.47 Å². The Morgan fingerprint density at radius 3 is 2.56 bits per heavy atom. The predicted octanol–water partition coefficient (Wildman–Crippen LogP) is 0.787. The molecule has 0 saturated carbocycles. The second-order valence-electron chi connectivity index (χ2n) is 1.55. The number of cyclic esters (lactones) is 2. The van der Waals surface area contributed by atoms with Crippen LogP contribution >= 0.6 is 0 Å². The highest BCUT2D eigenvalue weighted by Gasteiger charge is 2.32. The Hall–Kier alpha value is -0.870. The summed E-state index contributed by atoms with van der Waals surface area (Å²) in [6.07, 6.45) is -5.02. The summed E-state index contributed by atoms with van der Waals surface area (Å²) >= 11 is 0. The Kier molecular flexibility index (Phi) is 1.50. The minimum atomic E-state index is -2.64. The van der Waals surface area contributed by atoms with Gasteiger partial charge in [0.05, 0.1) is 0 Å². The Bertz CT molecular complexity index is 125. The molecule has 0 amide bonds. The molecule has 1 saturated heterocycles. The third kappa shape index (κ3) is 1.28. The summed E-state index contributed by atoms with van der Waals surface area (Å²) in [5.41, 5.74) is 0. The SMILES string of the molecule is O=C1OC[C@H](C(F)F)O1. The van der Waals surface area contributed by atoms with Crippen LogP contribution < -0.4 is 0 Å². The van der Waals surface area contributed by atoms with Gasteiger partial charge in [-0.1, -0.05) is 0 Å². The van der Waals surface area contributed by atoms with Crippen molar-refractivity contribution in [1.29, 1.82) is 0 Å². The van der Waals surface area contributed by atoms with Crippen molar-refractivity contribution >= 4 is 6.16 Å². The lowest BCUT2D eigenvalue weighted by Gasteiger charge is -2.01. The van der Waals surface area contributed by atoms with Crippen molar-refractivity contribution in [1.82, 2.24) is 0 Å². The molecule has 0 unspecified atom stereocenters. The van der Waals surface area contributed by atoms with Crippen LogP contribution in [0.5, 0.6) is 0 Å². The Labute approximate surface area is 49.5 Å². The zero-order valence-corrected chi connectivity index (χ0v) is 4.34. The standard InChI is InChI=1S/C4H4F2O3/c5-3(6)2-1-8-4(7)9-2/h2-3H,1H2/t2-/m1/s1. The van der Waals surface area contributed by atoms with Crippen molar-refractivity contribution in [3.8, 4) is 0 Å². The van der Waals surface area contributed by atoms with Gasteiger partial charge in [-0.25, -0.2) is 13.6 Å². The molecule has 0 aromatic heterocycles. The van der Waals surface area contributed by atoms with Crippen molar-refractivity contribution in [2.45, 2.75) is 12.5 Å². The molecular formula is C4H4F2O3. The minimum absolute atomic E-state index is 0.337. The van der Waals surface area contributed by atoms with Gasteiger partial charge in [0.15, 0.2) is 6.10 Å². The highest BCUT2D eigenvalue weighted by Crippen LogP contribution is 2.12. The van der Waals surface area contributed by atoms with E-state index in [1.54, 1.807) is 0 Å². The van der Waals surface area contributed by atoms with Crippen molar-refractivity contribution in [2.24, 2.45) is 0 Å². The van der Waals surface area contributed by atoms with Crippen LogP contribution in [-0.4, -0.2) is 25.3 Å². The second-order valence-corrected chi connectivity index (χ2v) is 1.55. The highest BCUT2D eigenvalue weighted by molar-refractivity contribution is 5.61. The van der Waals surface area contributed by atoms with E-state index in [-0.39, 0.29) is 6.61 Å². The van der Waals surface area contributed by atoms with Crippen molar-refractivity contribution < 1.29 is 23.0 Å². The molecule has 1 atom stereocenters. The Balaban J connectivity index is 2.39. The molecule has 1 aliphatic rings. The number of halogens is 2. The van der Waals surface area contributed by atoms with Gasteiger partial charge < -0.3 is 9.47 Å². The molecule has 1 heterocycles. The molecule has 1 aliphatic heterocycles. The van der Waals surface area contributed by atoms with Gasteiger partial charge in [-0.05, 0) is 0 Å². The van der Waals surface area contributed by atoms with E-state index in [4.69, 9.17) is 0 Å². The largest absolute Gasteiger partial charge is 0.509 e. The fourth-order valence-corrected chi connectivity index (χ4v) is 0.466. The molecule has 1 fully saturated rings. The molecule has 1 rings (SSSR count). The van der Waals surface area contributed by atoms with E-state index in [9.17, 15) is 13.6 Å². The maximum absolute atomic E-state index is 11.6. The predicted molar refractivity (Wildman–Crippen MR) is 22.2 cm³/mol. The third-order valence-electron chi connectivity index (χ3n) is 0.894.